The van der Waals surface area contributed by atoms with E-state index < -0.39 is 0 Å². The highest BCUT2D eigenvalue weighted by atomic mass is 16.5. The number of aromatic nitrogens is 1. The summed E-state index contributed by atoms with van der Waals surface area (Å²) in [6.45, 7) is 7.64. The number of carbonyl (C=O) groups excluding carboxylic acids is 1. The number of ether oxygens (including phenoxy) is 1. The standard InChI is InChI=1S/C21H28N4O2/c1-4-16(2)23-21(26)17-9-10-22-20(15-17)25-13-11-24(12-14-25)18-5-7-19(27-3)8-6-18/h5-10,15-16H,4,11-14H2,1-3H3,(H,23,26). The summed E-state index contributed by atoms with van der Waals surface area (Å²) < 4.78 is 5.23. The normalized spacial score (nSPS) is 15.4. The van der Waals surface area contributed by atoms with Crippen LogP contribution in [0.15, 0.2) is 42.6 Å². The molecule has 2 heterocycles. The van der Waals surface area contributed by atoms with Crippen LogP contribution in [0.5, 0.6) is 5.75 Å². The van der Waals surface area contributed by atoms with E-state index in [4.69, 9.17) is 4.74 Å². The van der Waals surface area contributed by atoms with Crippen LogP contribution in [0.3, 0.4) is 0 Å². The highest BCUT2D eigenvalue weighted by molar-refractivity contribution is 5.95. The molecule has 27 heavy (non-hydrogen) atoms. The van der Waals surface area contributed by atoms with Gasteiger partial charge in [-0.3, -0.25) is 4.79 Å². The van der Waals surface area contributed by atoms with Crippen molar-refractivity contribution in [1.29, 1.82) is 0 Å². The van der Waals surface area contributed by atoms with Crippen molar-refractivity contribution in [3.8, 4) is 5.75 Å². The summed E-state index contributed by atoms with van der Waals surface area (Å²) in [5, 5.41) is 3.01. The highest BCUT2D eigenvalue weighted by Gasteiger charge is 2.19. The Hall–Kier alpha value is -2.76. The molecule has 0 saturated carbocycles. The number of pyridine rings is 1. The van der Waals surface area contributed by atoms with Gasteiger partial charge in [0.2, 0.25) is 0 Å². The number of anilines is 2. The molecule has 1 aliphatic rings. The summed E-state index contributed by atoms with van der Waals surface area (Å²) in [6, 6.07) is 12.0. The van der Waals surface area contributed by atoms with E-state index in [2.05, 4.69) is 39.2 Å². The van der Waals surface area contributed by atoms with Crippen LogP contribution in [0.4, 0.5) is 11.5 Å². The van der Waals surface area contributed by atoms with Crippen molar-refractivity contribution in [2.45, 2.75) is 26.3 Å². The van der Waals surface area contributed by atoms with Gasteiger partial charge in [0.15, 0.2) is 0 Å². The van der Waals surface area contributed by atoms with Crippen LogP contribution in [-0.4, -0.2) is 50.2 Å². The molecule has 0 radical (unpaired) electrons. The molecule has 6 nitrogen and oxygen atoms in total. The summed E-state index contributed by atoms with van der Waals surface area (Å²) in [5.74, 6) is 1.69. The molecule has 1 aromatic heterocycles. The van der Waals surface area contributed by atoms with Crippen molar-refractivity contribution in [1.82, 2.24) is 10.3 Å². The van der Waals surface area contributed by atoms with Crippen molar-refractivity contribution < 1.29 is 9.53 Å². The molecule has 2 aromatic rings. The first-order valence-corrected chi connectivity index (χ1v) is 9.51. The minimum Gasteiger partial charge on any atom is -0.497 e. The molecule has 1 aromatic carbocycles. The summed E-state index contributed by atoms with van der Waals surface area (Å²) in [5.41, 5.74) is 1.86. The molecule has 1 N–H and O–H groups in total. The largest absolute Gasteiger partial charge is 0.497 e. The fraction of sp³-hybridized carbons (Fsp3) is 0.429. The molecule has 1 unspecified atom stereocenters. The summed E-state index contributed by atoms with van der Waals surface area (Å²) >= 11 is 0. The molecule has 0 bridgehead atoms. The number of piperazine rings is 1. The molecule has 3 rings (SSSR count). The lowest BCUT2D eigenvalue weighted by Crippen LogP contribution is -2.46. The maximum atomic E-state index is 12.4. The number of hydrogen-bond donors (Lipinski definition) is 1. The maximum absolute atomic E-state index is 12.4. The minimum absolute atomic E-state index is 0.0372. The average Bonchev–Trinajstić information content (AvgIpc) is 2.74. The Kier molecular flexibility index (Phi) is 6.16. The van der Waals surface area contributed by atoms with Gasteiger partial charge in [-0.25, -0.2) is 4.98 Å². The van der Waals surface area contributed by atoms with Crippen molar-refractivity contribution in [3.05, 3.63) is 48.2 Å². The van der Waals surface area contributed by atoms with Crippen LogP contribution in [0.25, 0.3) is 0 Å². The van der Waals surface area contributed by atoms with Crippen LogP contribution in [0, 0.1) is 0 Å². The zero-order valence-electron chi connectivity index (χ0n) is 16.3. The first-order chi connectivity index (χ1) is 13.1. The molecule has 1 saturated heterocycles. The number of carbonyl (C=O) groups is 1. The third-order valence-corrected chi connectivity index (χ3v) is 5.04. The molecule has 1 fully saturated rings. The number of amides is 1. The molecular weight excluding hydrogens is 340 g/mol. The lowest BCUT2D eigenvalue weighted by atomic mass is 10.2. The van der Waals surface area contributed by atoms with Crippen molar-refractivity contribution >= 4 is 17.4 Å². The van der Waals surface area contributed by atoms with Crippen LogP contribution in [0.1, 0.15) is 30.6 Å². The second-order valence-corrected chi connectivity index (χ2v) is 6.86. The van der Waals surface area contributed by atoms with E-state index in [9.17, 15) is 4.79 Å². The van der Waals surface area contributed by atoms with E-state index in [-0.39, 0.29) is 11.9 Å². The Morgan fingerprint density at radius 1 is 1.15 bits per heavy atom. The summed E-state index contributed by atoms with van der Waals surface area (Å²) in [7, 11) is 1.68. The lowest BCUT2D eigenvalue weighted by molar-refractivity contribution is 0.0939. The lowest BCUT2D eigenvalue weighted by Gasteiger charge is -2.36. The summed E-state index contributed by atoms with van der Waals surface area (Å²) in [6.07, 6.45) is 2.63. The van der Waals surface area contributed by atoms with Gasteiger partial charge in [-0.05, 0) is 49.7 Å². The Morgan fingerprint density at radius 3 is 2.44 bits per heavy atom. The molecule has 6 heteroatoms. The third kappa shape index (κ3) is 4.70. The zero-order chi connectivity index (χ0) is 19.2. The monoisotopic (exact) mass is 368 g/mol. The van der Waals surface area contributed by atoms with E-state index in [1.54, 1.807) is 19.4 Å². The summed E-state index contributed by atoms with van der Waals surface area (Å²) in [4.78, 5) is 21.4. The van der Waals surface area contributed by atoms with E-state index >= 15 is 0 Å². The SMILES string of the molecule is CCC(C)NC(=O)c1ccnc(N2CCN(c3ccc(OC)cc3)CC2)c1. The number of hydrogen-bond acceptors (Lipinski definition) is 5. The van der Waals surface area contributed by atoms with E-state index in [0.29, 0.717) is 5.56 Å². The third-order valence-electron chi connectivity index (χ3n) is 5.04. The molecule has 0 aliphatic carbocycles. The zero-order valence-corrected chi connectivity index (χ0v) is 16.3. The Balaban J connectivity index is 1.62. The van der Waals surface area contributed by atoms with Crippen LogP contribution >= 0.6 is 0 Å². The topological polar surface area (TPSA) is 57.7 Å². The number of nitrogens with one attached hydrogen (secondary N) is 1. The van der Waals surface area contributed by atoms with Gasteiger partial charge in [0.25, 0.3) is 5.91 Å². The van der Waals surface area contributed by atoms with E-state index in [0.717, 1.165) is 44.2 Å². The smallest absolute Gasteiger partial charge is 0.251 e. The Bertz CT molecular complexity index is 755. The Labute approximate surface area is 161 Å². The number of benzene rings is 1. The van der Waals surface area contributed by atoms with Gasteiger partial charge in [0, 0.05) is 49.7 Å². The van der Waals surface area contributed by atoms with Crippen molar-refractivity contribution in [2.24, 2.45) is 0 Å². The number of nitrogens with zero attached hydrogens (tertiary/aromatic N) is 3. The first-order valence-electron chi connectivity index (χ1n) is 9.51. The van der Waals surface area contributed by atoms with Gasteiger partial charge in [0.1, 0.15) is 11.6 Å². The first kappa shape index (κ1) is 19.0. The van der Waals surface area contributed by atoms with Gasteiger partial charge in [-0.1, -0.05) is 6.92 Å². The maximum Gasteiger partial charge on any atom is 0.251 e. The molecule has 1 aliphatic heterocycles. The minimum atomic E-state index is -0.0372. The molecule has 1 amide bonds. The number of methoxy groups -OCH3 is 1. The second-order valence-electron chi connectivity index (χ2n) is 6.86. The van der Waals surface area contributed by atoms with Gasteiger partial charge in [-0.2, -0.15) is 0 Å². The Morgan fingerprint density at radius 2 is 1.81 bits per heavy atom. The predicted octanol–water partition coefficient (Wildman–Crippen LogP) is 2.95. The van der Waals surface area contributed by atoms with Gasteiger partial charge >= 0.3 is 0 Å². The second kappa shape index (κ2) is 8.75. The van der Waals surface area contributed by atoms with Crippen molar-refractivity contribution in [3.63, 3.8) is 0 Å². The number of rotatable bonds is 6. The quantitative estimate of drug-likeness (QED) is 0.850. The predicted molar refractivity (Wildman–Crippen MR) is 109 cm³/mol. The molecule has 144 valence electrons. The fourth-order valence-electron chi connectivity index (χ4n) is 3.13. The van der Waals surface area contributed by atoms with Gasteiger partial charge < -0.3 is 19.9 Å². The average molecular weight is 368 g/mol. The van der Waals surface area contributed by atoms with Crippen molar-refractivity contribution in [2.75, 3.05) is 43.1 Å². The van der Waals surface area contributed by atoms with E-state index in [1.807, 2.05) is 25.1 Å². The highest BCUT2D eigenvalue weighted by Crippen LogP contribution is 2.22. The fourth-order valence-corrected chi connectivity index (χ4v) is 3.13. The van der Waals surface area contributed by atoms with E-state index in [1.165, 1.54) is 5.69 Å². The van der Waals surface area contributed by atoms with Crippen LogP contribution in [0.2, 0.25) is 0 Å². The van der Waals surface area contributed by atoms with Crippen LogP contribution < -0.4 is 19.9 Å². The van der Waals surface area contributed by atoms with Gasteiger partial charge in [0.05, 0.1) is 7.11 Å². The molecule has 0 spiro atoms. The van der Waals surface area contributed by atoms with Crippen LogP contribution in [-0.2, 0) is 0 Å². The molecule has 1 atom stereocenters. The molecular formula is C21H28N4O2. The van der Waals surface area contributed by atoms with Gasteiger partial charge in [-0.15, -0.1) is 0 Å².